The molecule has 0 saturated carbocycles. The second-order valence-electron chi connectivity index (χ2n) is 3.28. The second kappa shape index (κ2) is 4.77. The molecular weight excluding hydrogens is 230 g/mol. The Labute approximate surface area is 97.8 Å². The average molecular weight is 242 g/mol. The first-order chi connectivity index (χ1) is 7.29. The van der Waals surface area contributed by atoms with Gasteiger partial charge in [-0.05, 0) is 6.42 Å². The maximum absolute atomic E-state index is 5.77. The number of aryl methyl sites for hydroxylation is 1. The van der Waals surface area contributed by atoms with Gasteiger partial charge in [0.1, 0.15) is 16.0 Å². The molecule has 0 bridgehead atoms. The molecule has 0 aliphatic heterocycles. The largest absolute Gasteiger partial charge is 0.335 e. The maximum atomic E-state index is 5.77. The van der Waals surface area contributed by atoms with Gasteiger partial charge >= 0.3 is 0 Å². The first kappa shape index (κ1) is 10.6. The molecule has 0 atom stereocenters. The van der Waals surface area contributed by atoms with Crippen molar-refractivity contribution in [1.29, 1.82) is 0 Å². The fourth-order valence-electron chi connectivity index (χ4n) is 1.46. The quantitative estimate of drug-likeness (QED) is 0.824. The van der Waals surface area contributed by atoms with Crippen molar-refractivity contribution in [3.8, 4) is 0 Å². The van der Waals surface area contributed by atoms with Crippen LogP contribution < -0.4 is 0 Å². The van der Waals surface area contributed by atoms with Gasteiger partial charge in [0.25, 0.3) is 0 Å². The van der Waals surface area contributed by atoms with Gasteiger partial charge < -0.3 is 4.57 Å². The van der Waals surface area contributed by atoms with Crippen molar-refractivity contribution < 1.29 is 0 Å². The Morgan fingerprint density at radius 1 is 1.53 bits per heavy atom. The van der Waals surface area contributed by atoms with Crippen molar-refractivity contribution in [2.45, 2.75) is 26.3 Å². The molecule has 80 valence electrons. The minimum absolute atomic E-state index is 0.573. The zero-order valence-corrected chi connectivity index (χ0v) is 10.1. The highest BCUT2D eigenvalue weighted by Crippen LogP contribution is 2.17. The fourth-order valence-corrected chi connectivity index (χ4v) is 2.39. The average Bonchev–Trinajstić information content (AvgIpc) is 2.78. The fraction of sp³-hybridized carbons (Fsp3) is 0.400. The van der Waals surface area contributed by atoms with Crippen molar-refractivity contribution in [2.75, 3.05) is 0 Å². The third-order valence-electron chi connectivity index (χ3n) is 2.10. The van der Waals surface area contributed by atoms with Crippen LogP contribution in [0.15, 0.2) is 17.8 Å². The number of aromatic nitrogens is 3. The predicted molar refractivity (Wildman–Crippen MR) is 62.4 cm³/mol. The van der Waals surface area contributed by atoms with E-state index in [4.69, 9.17) is 11.6 Å². The summed E-state index contributed by atoms with van der Waals surface area (Å²) in [6, 6.07) is 0. The van der Waals surface area contributed by atoms with E-state index in [1.165, 1.54) is 0 Å². The lowest BCUT2D eigenvalue weighted by Crippen LogP contribution is -2.03. The number of thiazole rings is 1. The highest BCUT2D eigenvalue weighted by atomic mass is 35.5. The lowest BCUT2D eigenvalue weighted by Gasteiger charge is -2.03. The van der Waals surface area contributed by atoms with Crippen LogP contribution in [0.3, 0.4) is 0 Å². The van der Waals surface area contributed by atoms with Crippen LogP contribution in [-0.4, -0.2) is 14.5 Å². The van der Waals surface area contributed by atoms with E-state index in [9.17, 15) is 0 Å². The van der Waals surface area contributed by atoms with Crippen LogP contribution in [0.25, 0.3) is 0 Å². The van der Waals surface area contributed by atoms with Crippen molar-refractivity contribution in [2.24, 2.45) is 0 Å². The Hall–Kier alpha value is -0.870. The Morgan fingerprint density at radius 2 is 2.40 bits per heavy atom. The molecule has 0 amide bonds. The van der Waals surface area contributed by atoms with Crippen molar-refractivity contribution in [1.82, 2.24) is 14.5 Å². The van der Waals surface area contributed by atoms with Gasteiger partial charge in [-0.15, -0.1) is 11.3 Å². The van der Waals surface area contributed by atoms with Crippen LogP contribution in [-0.2, 0) is 13.0 Å². The molecule has 0 radical (unpaired) electrons. The molecule has 0 aliphatic rings. The second-order valence-corrected chi connectivity index (χ2v) is 4.61. The number of imidazole rings is 1. The van der Waals surface area contributed by atoms with Crippen molar-refractivity contribution in [3.05, 3.63) is 33.8 Å². The summed E-state index contributed by atoms with van der Waals surface area (Å²) < 4.78 is 2.16. The van der Waals surface area contributed by atoms with E-state index in [0.717, 1.165) is 30.2 Å². The molecule has 0 aliphatic carbocycles. The number of halogens is 1. The van der Waals surface area contributed by atoms with Gasteiger partial charge in [-0.3, -0.25) is 0 Å². The summed E-state index contributed by atoms with van der Waals surface area (Å²) in [7, 11) is 0. The lowest BCUT2D eigenvalue weighted by atomic mass is 10.4. The van der Waals surface area contributed by atoms with E-state index in [1.807, 2.05) is 17.8 Å². The zero-order valence-electron chi connectivity index (χ0n) is 8.48. The standard InChI is InChI=1S/C10H12ClN3S/c1-2-4-14-5-3-12-9(14)6-10-13-8(11)7-15-10/h3,5,7H,2,4,6H2,1H3. The third-order valence-corrected chi connectivity index (χ3v) is 3.27. The highest BCUT2D eigenvalue weighted by Gasteiger charge is 2.06. The highest BCUT2D eigenvalue weighted by molar-refractivity contribution is 7.10. The molecule has 0 unspecified atom stereocenters. The van der Waals surface area contributed by atoms with E-state index in [-0.39, 0.29) is 0 Å². The SMILES string of the molecule is CCCn1ccnc1Cc1nc(Cl)cs1. The normalized spacial score (nSPS) is 10.8. The van der Waals surface area contributed by atoms with Crippen molar-refractivity contribution >= 4 is 22.9 Å². The molecule has 0 spiro atoms. The Morgan fingerprint density at radius 3 is 3.07 bits per heavy atom. The summed E-state index contributed by atoms with van der Waals surface area (Å²) in [5.41, 5.74) is 0. The van der Waals surface area contributed by atoms with Gasteiger partial charge in [-0.2, -0.15) is 0 Å². The van der Waals surface area contributed by atoms with Gasteiger partial charge in [-0.1, -0.05) is 18.5 Å². The molecule has 0 saturated heterocycles. The Bertz CT molecular complexity index is 435. The molecule has 0 fully saturated rings. The van der Waals surface area contributed by atoms with Gasteiger partial charge in [0.2, 0.25) is 0 Å². The summed E-state index contributed by atoms with van der Waals surface area (Å²) in [4.78, 5) is 8.54. The van der Waals surface area contributed by atoms with Crippen LogP contribution in [0, 0.1) is 0 Å². The molecule has 3 nitrogen and oxygen atoms in total. The molecule has 2 aromatic rings. The van der Waals surface area contributed by atoms with Gasteiger partial charge in [-0.25, -0.2) is 9.97 Å². The van der Waals surface area contributed by atoms with E-state index in [2.05, 4.69) is 21.5 Å². The van der Waals surface area contributed by atoms with E-state index < -0.39 is 0 Å². The Kier molecular flexibility index (Phi) is 3.38. The van der Waals surface area contributed by atoms with Crippen LogP contribution in [0.5, 0.6) is 0 Å². The zero-order chi connectivity index (χ0) is 10.7. The lowest BCUT2D eigenvalue weighted by molar-refractivity contribution is 0.646. The van der Waals surface area contributed by atoms with Crippen LogP contribution in [0.2, 0.25) is 5.15 Å². The van der Waals surface area contributed by atoms with Crippen molar-refractivity contribution in [3.63, 3.8) is 0 Å². The predicted octanol–water partition coefficient (Wildman–Crippen LogP) is 2.99. The Balaban J connectivity index is 2.13. The first-order valence-electron chi connectivity index (χ1n) is 4.89. The number of rotatable bonds is 4. The van der Waals surface area contributed by atoms with Gasteiger partial charge in [0, 0.05) is 24.3 Å². The van der Waals surface area contributed by atoms with E-state index >= 15 is 0 Å². The minimum atomic E-state index is 0.573. The van der Waals surface area contributed by atoms with E-state index in [1.54, 1.807) is 11.3 Å². The first-order valence-corrected chi connectivity index (χ1v) is 6.15. The monoisotopic (exact) mass is 241 g/mol. The molecule has 2 aromatic heterocycles. The summed E-state index contributed by atoms with van der Waals surface area (Å²) in [6.45, 7) is 3.17. The van der Waals surface area contributed by atoms with Gasteiger partial charge in [0.15, 0.2) is 0 Å². The molecule has 5 heteroatoms. The number of hydrogen-bond donors (Lipinski definition) is 0. The summed E-state index contributed by atoms with van der Waals surface area (Å²) in [5, 5.41) is 3.44. The van der Waals surface area contributed by atoms with E-state index in [0.29, 0.717) is 5.15 Å². The minimum Gasteiger partial charge on any atom is -0.335 e. The molecule has 2 heterocycles. The topological polar surface area (TPSA) is 30.7 Å². The molecule has 2 rings (SSSR count). The summed E-state index contributed by atoms with van der Waals surface area (Å²) in [5.74, 6) is 1.06. The third kappa shape index (κ3) is 2.58. The van der Waals surface area contributed by atoms with Crippen LogP contribution in [0.4, 0.5) is 0 Å². The maximum Gasteiger partial charge on any atom is 0.140 e. The van der Waals surface area contributed by atoms with Gasteiger partial charge in [0.05, 0.1) is 6.42 Å². The summed E-state index contributed by atoms with van der Waals surface area (Å²) >= 11 is 7.35. The summed E-state index contributed by atoms with van der Waals surface area (Å²) in [6.07, 6.45) is 5.72. The van der Waals surface area contributed by atoms with Crippen LogP contribution in [0.1, 0.15) is 24.2 Å². The van der Waals surface area contributed by atoms with Crippen LogP contribution >= 0.6 is 22.9 Å². The molecular formula is C10H12ClN3S. The number of nitrogens with zero attached hydrogens (tertiary/aromatic N) is 3. The number of hydrogen-bond acceptors (Lipinski definition) is 3. The molecule has 0 N–H and O–H groups in total. The molecule has 0 aromatic carbocycles. The molecule has 15 heavy (non-hydrogen) atoms. The smallest absolute Gasteiger partial charge is 0.140 e.